The molecule has 3 rings (SSSR count). The summed E-state index contributed by atoms with van der Waals surface area (Å²) in [6.07, 6.45) is 1.74. The Morgan fingerprint density at radius 3 is 2.28 bits per heavy atom. The van der Waals surface area contributed by atoms with Crippen LogP contribution in [0, 0.1) is 11.7 Å². The van der Waals surface area contributed by atoms with E-state index in [2.05, 4.69) is 5.32 Å². The highest BCUT2D eigenvalue weighted by Gasteiger charge is 2.30. The van der Waals surface area contributed by atoms with Crippen molar-refractivity contribution in [1.82, 2.24) is 15.1 Å². The lowest BCUT2D eigenvalue weighted by atomic mass is 9.96. The Kier molecular flexibility index (Phi) is 7.04. The number of hydrogen-bond donors (Lipinski definition) is 1. The minimum absolute atomic E-state index is 0. The molecule has 2 aliphatic heterocycles. The SMILES string of the molecule is Cl.O=C(c1ccc(Cl)cc1F)N1CCN(C(=O)C2CCNCC2)CC1. The summed E-state index contributed by atoms with van der Waals surface area (Å²) in [5.41, 5.74) is 0.0255. The number of benzene rings is 1. The van der Waals surface area contributed by atoms with Gasteiger partial charge in [-0.2, -0.15) is 0 Å². The van der Waals surface area contributed by atoms with Gasteiger partial charge >= 0.3 is 0 Å². The van der Waals surface area contributed by atoms with Crippen molar-refractivity contribution >= 4 is 35.8 Å². The van der Waals surface area contributed by atoms with Crippen LogP contribution in [0.15, 0.2) is 18.2 Å². The zero-order valence-corrected chi connectivity index (χ0v) is 15.4. The molecular weight excluding hydrogens is 368 g/mol. The molecular formula is C17H22Cl2FN3O2. The molecule has 1 aromatic rings. The Bertz CT molecular complexity index is 630. The van der Waals surface area contributed by atoms with Gasteiger partial charge in [0.15, 0.2) is 0 Å². The lowest BCUT2D eigenvalue weighted by Gasteiger charge is -2.37. The van der Waals surface area contributed by atoms with E-state index in [0.717, 1.165) is 32.0 Å². The van der Waals surface area contributed by atoms with Gasteiger partial charge in [-0.3, -0.25) is 9.59 Å². The van der Waals surface area contributed by atoms with Crippen LogP contribution < -0.4 is 5.32 Å². The van der Waals surface area contributed by atoms with Gasteiger partial charge in [0.2, 0.25) is 5.91 Å². The molecule has 2 amide bonds. The number of carbonyl (C=O) groups excluding carboxylic acids is 2. The van der Waals surface area contributed by atoms with Gasteiger partial charge in [0.25, 0.3) is 5.91 Å². The smallest absolute Gasteiger partial charge is 0.256 e. The van der Waals surface area contributed by atoms with Crippen molar-refractivity contribution in [1.29, 1.82) is 0 Å². The molecule has 0 aromatic heterocycles. The summed E-state index contributed by atoms with van der Waals surface area (Å²) in [4.78, 5) is 28.4. The summed E-state index contributed by atoms with van der Waals surface area (Å²) >= 11 is 5.72. The van der Waals surface area contributed by atoms with Crippen molar-refractivity contribution in [2.45, 2.75) is 12.8 Å². The second kappa shape index (κ2) is 8.83. The highest BCUT2D eigenvalue weighted by Crippen LogP contribution is 2.19. The first-order valence-corrected chi connectivity index (χ1v) is 8.68. The standard InChI is InChI=1S/C17H21ClFN3O2.ClH/c18-13-1-2-14(15(19)11-13)17(24)22-9-7-21(8-10-22)16(23)12-3-5-20-6-4-12;/h1-2,11-12,20H,3-10H2;1H. The van der Waals surface area contributed by atoms with E-state index in [9.17, 15) is 14.0 Å². The fourth-order valence-corrected chi connectivity index (χ4v) is 3.45. The zero-order chi connectivity index (χ0) is 17.1. The average Bonchev–Trinajstić information content (AvgIpc) is 2.61. The fourth-order valence-electron chi connectivity index (χ4n) is 3.29. The van der Waals surface area contributed by atoms with E-state index in [1.165, 1.54) is 12.1 Å². The summed E-state index contributed by atoms with van der Waals surface area (Å²) in [6.45, 7) is 3.62. The predicted molar refractivity (Wildman–Crippen MR) is 96.7 cm³/mol. The molecule has 0 saturated carbocycles. The molecule has 8 heteroatoms. The van der Waals surface area contributed by atoms with Gasteiger partial charge in [0.05, 0.1) is 5.56 Å². The molecule has 1 aromatic carbocycles. The first-order chi connectivity index (χ1) is 11.6. The van der Waals surface area contributed by atoms with E-state index in [1.54, 1.807) is 4.90 Å². The van der Waals surface area contributed by atoms with Crippen LogP contribution in [0.4, 0.5) is 4.39 Å². The van der Waals surface area contributed by atoms with E-state index >= 15 is 0 Å². The molecule has 138 valence electrons. The normalized spacial score (nSPS) is 18.6. The minimum Gasteiger partial charge on any atom is -0.339 e. The van der Waals surface area contributed by atoms with Crippen molar-refractivity contribution in [3.05, 3.63) is 34.6 Å². The summed E-state index contributed by atoms with van der Waals surface area (Å²) in [5.74, 6) is -0.692. The Labute approximate surface area is 157 Å². The number of piperazine rings is 1. The molecule has 0 unspecified atom stereocenters. The van der Waals surface area contributed by atoms with Gasteiger partial charge in [-0.15, -0.1) is 12.4 Å². The quantitative estimate of drug-likeness (QED) is 0.843. The fraction of sp³-hybridized carbons (Fsp3) is 0.529. The molecule has 5 nitrogen and oxygen atoms in total. The Hall–Kier alpha value is -1.37. The maximum absolute atomic E-state index is 13.9. The molecule has 2 fully saturated rings. The zero-order valence-electron chi connectivity index (χ0n) is 13.8. The molecule has 0 atom stereocenters. The highest BCUT2D eigenvalue weighted by atomic mass is 35.5. The number of halogens is 3. The second-order valence-corrected chi connectivity index (χ2v) is 6.70. The number of carbonyl (C=O) groups is 2. The third kappa shape index (κ3) is 4.63. The summed E-state index contributed by atoms with van der Waals surface area (Å²) in [5, 5.41) is 3.52. The van der Waals surface area contributed by atoms with Crippen LogP contribution in [0.3, 0.4) is 0 Å². The Morgan fingerprint density at radius 2 is 1.68 bits per heavy atom. The van der Waals surface area contributed by atoms with Crippen LogP contribution in [0.5, 0.6) is 0 Å². The third-order valence-corrected chi connectivity index (χ3v) is 4.96. The predicted octanol–water partition coefficient (Wildman–Crippen LogP) is 2.18. The van der Waals surface area contributed by atoms with Crippen molar-refractivity contribution in [2.24, 2.45) is 5.92 Å². The number of amides is 2. The Balaban J connectivity index is 0.00000225. The number of piperidine rings is 1. The van der Waals surface area contributed by atoms with Crippen molar-refractivity contribution < 1.29 is 14.0 Å². The number of nitrogens with zero attached hydrogens (tertiary/aromatic N) is 2. The second-order valence-electron chi connectivity index (χ2n) is 6.27. The van der Waals surface area contributed by atoms with Gasteiger partial charge in [0.1, 0.15) is 5.82 Å². The molecule has 0 radical (unpaired) electrons. The number of nitrogens with one attached hydrogen (secondary N) is 1. The van der Waals surface area contributed by atoms with Gasteiger partial charge < -0.3 is 15.1 Å². The molecule has 0 bridgehead atoms. The monoisotopic (exact) mass is 389 g/mol. The molecule has 2 aliphatic rings. The third-order valence-electron chi connectivity index (χ3n) is 4.73. The van der Waals surface area contributed by atoms with Crippen molar-refractivity contribution in [2.75, 3.05) is 39.3 Å². The van der Waals surface area contributed by atoms with E-state index < -0.39 is 5.82 Å². The molecule has 2 saturated heterocycles. The van der Waals surface area contributed by atoms with E-state index in [0.29, 0.717) is 26.2 Å². The summed E-state index contributed by atoms with van der Waals surface area (Å²) < 4.78 is 13.9. The molecule has 0 aliphatic carbocycles. The van der Waals surface area contributed by atoms with Gasteiger partial charge in [-0.1, -0.05) is 11.6 Å². The lowest BCUT2D eigenvalue weighted by molar-refractivity contribution is -0.137. The minimum atomic E-state index is -0.610. The van der Waals surface area contributed by atoms with Crippen LogP contribution in [0.2, 0.25) is 5.02 Å². The molecule has 25 heavy (non-hydrogen) atoms. The highest BCUT2D eigenvalue weighted by molar-refractivity contribution is 6.30. The number of hydrogen-bond acceptors (Lipinski definition) is 3. The first kappa shape index (κ1) is 19.9. The average molecular weight is 390 g/mol. The maximum atomic E-state index is 13.9. The van der Waals surface area contributed by atoms with Crippen LogP contribution in [-0.2, 0) is 4.79 Å². The summed E-state index contributed by atoms with van der Waals surface area (Å²) in [6, 6.07) is 4.06. The van der Waals surface area contributed by atoms with Crippen molar-refractivity contribution in [3.63, 3.8) is 0 Å². The first-order valence-electron chi connectivity index (χ1n) is 8.30. The van der Waals surface area contributed by atoms with Crippen LogP contribution in [0.1, 0.15) is 23.2 Å². The van der Waals surface area contributed by atoms with E-state index in [4.69, 9.17) is 11.6 Å². The van der Waals surface area contributed by atoms with Gasteiger partial charge in [0, 0.05) is 37.1 Å². The lowest BCUT2D eigenvalue weighted by Crippen LogP contribution is -2.52. The molecule has 2 heterocycles. The van der Waals surface area contributed by atoms with Crippen LogP contribution >= 0.6 is 24.0 Å². The topological polar surface area (TPSA) is 52.7 Å². The summed E-state index contributed by atoms with van der Waals surface area (Å²) in [7, 11) is 0. The maximum Gasteiger partial charge on any atom is 0.256 e. The van der Waals surface area contributed by atoms with Crippen LogP contribution in [0.25, 0.3) is 0 Å². The largest absolute Gasteiger partial charge is 0.339 e. The molecule has 0 spiro atoms. The van der Waals surface area contributed by atoms with Crippen LogP contribution in [-0.4, -0.2) is 60.9 Å². The van der Waals surface area contributed by atoms with E-state index in [1.807, 2.05) is 4.90 Å². The Morgan fingerprint density at radius 1 is 1.08 bits per heavy atom. The van der Waals surface area contributed by atoms with E-state index in [-0.39, 0.29) is 40.7 Å². The molecule has 1 N–H and O–H groups in total. The van der Waals surface area contributed by atoms with Gasteiger partial charge in [-0.05, 0) is 44.1 Å². The number of rotatable bonds is 2. The van der Waals surface area contributed by atoms with Gasteiger partial charge in [-0.25, -0.2) is 4.39 Å². The van der Waals surface area contributed by atoms with Crippen molar-refractivity contribution in [3.8, 4) is 0 Å².